The molecule has 0 heterocycles. The van der Waals surface area contributed by atoms with Gasteiger partial charge in [-0.05, 0) is 25.3 Å². The molecule has 0 spiro atoms. The summed E-state index contributed by atoms with van der Waals surface area (Å²) in [5.41, 5.74) is 5.36. The SMILES string of the molecule is CC(C)C(NC(=O)CCCCCCN)C(=O)O. The van der Waals surface area contributed by atoms with Crippen molar-refractivity contribution in [2.24, 2.45) is 11.7 Å². The van der Waals surface area contributed by atoms with Crippen molar-refractivity contribution in [3.05, 3.63) is 0 Å². The normalized spacial score (nSPS) is 12.5. The lowest BCUT2D eigenvalue weighted by Gasteiger charge is -2.17. The second kappa shape index (κ2) is 8.98. The number of unbranched alkanes of at least 4 members (excludes halogenated alkanes) is 3. The van der Waals surface area contributed by atoms with Gasteiger partial charge in [0.1, 0.15) is 6.04 Å². The molecule has 0 aromatic heterocycles. The zero-order valence-electron chi connectivity index (χ0n) is 10.7. The van der Waals surface area contributed by atoms with Crippen molar-refractivity contribution in [2.75, 3.05) is 6.54 Å². The van der Waals surface area contributed by atoms with Crippen molar-refractivity contribution in [3.63, 3.8) is 0 Å². The Morgan fingerprint density at radius 1 is 1.18 bits per heavy atom. The van der Waals surface area contributed by atoms with Crippen LogP contribution in [0.4, 0.5) is 0 Å². The predicted molar refractivity (Wildman–Crippen MR) is 66.5 cm³/mol. The fourth-order valence-electron chi connectivity index (χ4n) is 1.54. The predicted octanol–water partition coefficient (Wildman–Crippen LogP) is 1.12. The molecule has 0 aromatic carbocycles. The van der Waals surface area contributed by atoms with Gasteiger partial charge in [0, 0.05) is 6.42 Å². The van der Waals surface area contributed by atoms with E-state index in [9.17, 15) is 9.59 Å². The highest BCUT2D eigenvalue weighted by Crippen LogP contribution is 2.05. The second-order valence-electron chi connectivity index (χ2n) is 4.58. The van der Waals surface area contributed by atoms with Crippen LogP contribution < -0.4 is 11.1 Å². The number of hydrogen-bond donors (Lipinski definition) is 3. The van der Waals surface area contributed by atoms with Crippen LogP contribution in [0.15, 0.2) is 0 Å². The Morgan fingerprint density at radius 2 is 1.76 bits per heavy atom. The first-order valence-electron chi connectivity index (χ1n) is 6.21. The summed E-state index contributed by atoms with van der Waals surface area (Å²) in [6.45, 7) is 4.24. The van der Waals surface area contributed by atoms with Crippen LogP contribution in [-0.4, -0.2) is 29.6 Å². The first kappa shape index (κ1) is 15.9. The molecule has 1 amide bonds. The highest BCUT2D eigenvalue weighted by molar-refractivity contribution is 5.83. The average Bonchev–Trinajstić information content (AvgIpc) is 2.24. The van der Waals surface area contributed by atoms with Crippen LogP contribution in [-0.2, 0) is 9.59 Å². The number of amides is 1. The molecule has 4 N–H and O–H groups in total. The van der Waals surface area contributed by atoms with Gasteiger partial charge in [-0.15, -0.1) is 0 Å². The fraction of sp³-hybridized carbons (Fsp3) is 0.833. The van der Waals surface area contributed by atoms with Crippen molar-refractivity contribution in [1.29, 1.82) is 0 Å². The van der Waals surface area contributed by atoms with E-state index in [1.807, 2.05) is 0 Å². The Hall–Kier alpha value is -1.10. The molecule has 17 heavy (non-hydrogen) atoms. The van der Waals surface area contributed by atoms with Crippen LogP contribution in [0.25, 0.3) is 0 Å². The van der Waals surface area contributed by atoms with Crippen molar-refractivity contribution in [1.82, 2.24) is 5.32 Å². The minimum Gasteiger partial charge on any atom is -0.480 e. The maximum absolute atomic E-state index is 11.5. The minimum atomic E-state index is -0.975. The van der Waals surface area contributed by atoms with E-state index >= 15 is 0 Å². The van der Waals surface area contributed by atoms with Gasteiger partial charge in [0.25, 0.3) is 0 Å². The molecule has 1 unspecified atom stereocenters. The molecule has 5 nitrogen and oxygen atoms in total. The number of rotatable bonds is 9. The minimum absolute atomic E-state index is 0.103. The highest BCUT2D eigenvalue weighted by atomic mass is 16.4. The maximum Gasteiger partial charge on any atom is 0.326 e. The molecule has 0 saturated heterocycles. The zero-order chi connectivity index (χ0) is 13.3. The lowest BCUT2D eigenvalue weighted by molar-refractivity contribution is -0.143. The number of aliphatic carboxylic acids is 1. The molecule has 0 aromatic rings. The topological polar surface area (TPSA) is 92.4 Å². The summed E-state index contributed by atoms with van der Waals surface area (Å²) in [6.07, 6.45) is 4.14. The van der Waals surface area contributed by atoms with Crippen LogP contribution in [0, 0.1) is 5.92 Å². The molecule has 0 bridgehead atoms. The Kier molecular flexibility index (Phi) is 8.40. The molecule has 0 fully saturated rings. The van der Waals surface area contributed by atoms with Crippen molar-refractivity contribution in [3.8, 4) is 0 Å². The zero-order valence-corrected chi connectivity index (χ0v) is 10.7. The number of nitrogens with two attached hydrogens (primary N) is 1. The van der Waals surface area contributed by atoms with E-state index in [4.69, 9.17) is 10.8 Å². The number of carbonyl (C=O) groups excluding carboxylic acids is 1. The van der Waals surface area contributed by atoms with Gasteiger partial charge in [-0.1, -0.05) is 26.7 Å². The van der Waals surface area contributed by atoms with Crippen LogP contribution in [0.5, 0.6) is 0 Å². The molecular weight excluding hydrogens is 220 g/mol. The number of carboxylic acid groups (broad SMARTS) is 1. The van der Waals surface area contributed by atoms with E-state index in [2.05, 4.69) is 5.32 Å². The quantitative estimate of drug-likeness (QED) is 0.530. The Balaban J connectivity index is 3.80. The Bertz CT molecular complexity index is 242. The fourth-order valence-corrected chi connectivity index (χ4v) is 1.54. The first-order valence-corrected chi connectivity index (χ1v) is 6.21. The maximum atomic E-state index is 11.5. The molecular formula is C12H24N2O3. The van der Waals surface area contributed by atoms with E-state index in [1.165, 1.54) is 0 Å². The van der Waals surface area contributed by atoms with E-state index in [0.29, 0.717) is 13.0 Å². The standard InChI is InChI=1S/C12H24N2O3/c1-9(2)11(12(16)17)14-10(15)7-5-3-4-6-8-13/h9,11H,3-8,13H2,1-2H3,(H,14,15)(H,16,17). The van der Waals surface area contributed by atoms with Crippen LogP contribution >= 0.6 is 0 Å². The molecule has 100 valence electrons. The second-order valence-corrected chi connectivity index (χ2v) is 4.58. The van der Waals surface area contributed by atoms with Gasteiger partial charge >= 0.3 is 5.97 Å². The molecule has 1 atom stereocenters. The molecule has 0 aliphatic heterocycles. The monoisotopic (exact) mass is 244 g/mol. The molecule has 0 aliphatic carbocycles. The van der Waals surface area contributed by atoms with Gasteiger partial charge in [0.2, 0.25) is 5.91 Å². The number of nitrogens with one attached hydrogen (secondary N) is 1. The van der Waals surface area contributed by atoms with E-state index in [1.54, 1.807) is 13.8 Å². The molecule has 0 radical (unpaired) electrons. The van der Waals surface area contributed by atoms with Crippen LogP contribution in [0.1, 0.15) is 46.0 Å². The summed E-state index contributed by atoms with van der Waals surface area (Å²) >= 11 is 0. The van der Waals surface area contributed by atoms with Crippen molar-refractivity contribution < 1.29 is 14.7 Å². The van der Waals surface area contributed by atoms with E-state index in [-0.39, 0.29) is 11.8 Å². The Morgan fingerprint density at radius 3 is 2.24 bits per heavy atom. The van der Waals surface area contributed by atoms with Gasteiger partial charge < -0.3 is 16.2 Å². The third-order valence-corrected chi connectivity index (χ3v) is 2.61. The third kappa shape index (κ3) is 7.74. The molecule has 0 saturated carbocycles. The average molecular weight is 244 g/mol. The lowest BCUT2D eigenvalue weighted by Crippen LogP contribution is -2.44. The van der Waals surface area contributed by atoms with Crippen LogP contribution in [0.2, 0.25) is 0 Å². The summed E-state index contributed by atoms with van der Waals surface area (Å²) in [4.78, 5) is 22.4. The van der Waals surface area contributed by atoms with Gasteiger partial charge in [0.15, 0.2) is 0 Å². The van der Waals surface area contributed by atoms with Crippen molar-refractivity contribution >= 4 is 11.9 Å². The molecule has 0 aliphatic rings. The summed E-state index contributed by atoms with van der Waals surface area (Å²) in [7, 11) is 0. The smallest absolute Gasteiger partial charge is 0.326 e. The number of hydrogen-bond acceptors (Lipinski definition) is 3. The van der Waals surface area contributed by atoms with Crippen molar-refractivity contribution in [2.45, 2.75) is 52.0 Å². The molecule has 0 rings (SSSR count). The third-order valence-electron chi connectivity index (χ3n) is 2.61. The number of carbonyl (C=O) groups is 2. The largest absolute Gasteiger partial charge is 0.480 e. The highest BCUT2D eigenvalue weighted by Gasteiger charge is 2.22. The molecule has 5 heteroatoms. The van der Waals surface area contributed by atoms with E-state index in [0.717, 1.165) is 25.7 Å². The van der Waals surface area contributed by atoms with Gasteiger partial charge in [-0.3, -0.25) is 4.79 Å². The summed E-state index contributed by atoms with van der Waals surface area (Å²) in [6, 6.07) is -0.786. The van der Waals surface area contributed by atoms with Gasteiger partial charge in [-0.25, -0.2) is 4.79 Å². The summed E-state index contributed by atoms with van der Waals surface area (Å²) < 4.78 is 0. The van der Waals surface area contributed by atoms with Gasteiger partial charge in [-0.2, -0.15) is 0 Å². The van der Waals surface area contributed by atoms with E-state index < -0.39 is 12.0 Å². The Labute approximate surface area is 103 Å². The summed E-state index contributed by atoms with van der Waals surface area (Å²) in [5, 5.41) is 11.4. The summed E-state index contributed by atoms with van der Waals surface area (Å²) in [5.74, 6) is -1.26. The van der Waals surface area contributed by atoms with Gasteiger partial charge in [0.05, 0.1) is 0 Å². The number of carboxylic acids is 1. The lowest BCUT2D eigenvalue weighted by atomic mass is 10.0. The van der Waals surface area contributed by atoms with Crippen LogP contribution in [0.3, 0.4) is 0 Å². The first-order chi connectivity index (χ1) is 7.99.